The molecule has 0 bridgehead atoms. The van der Waals surface area contributed by atoms with Gasteiger partial charge in [-0.25, -0.2) is 0 Å². The molecule has 0 saturated carbocycles. The molecule has 2 rings (SSSR count). The Labute approximate surface area is 153 Å². The van der Waals surface area contributed by atoms with Crippen molar-refractivity contribution in [3.05, 3.63) is 60.7 Å². The zero-order valence-corrected chi connectivity index (χ0v) is 16.7. The molecule has 2 aromatic rings. The minimum Gasteiger partial charge on any atom is -0.297 e. The molecule has 0 saturated heterocycles. The quantitative estimate of drug-likeness (QED) is 0.569. The maximum Gasteiger partial charge on any atom is 0.204 e. The van der Waals surface area contributed by atoms with Gasteiger partial charge in [-0.1, -0.05) is 70.0 Å². The largest absolute Gasteiger partial charge is 0.297 e. The average Bonchev–Trinajstić information content (AvgIpc) is 2.65. The molecule has 0 aliphatic rings. The first-order valence-electron chi connectivity index (χ1n) is 9.55. The SMILES string of the molecule is CCCC[C@@H](CCC(C)C)NP(=O)(c1ccccc1)c1ccccc1. The van der Waals surface area contributed by atoms with E-state index in [0.29, 0.717) is 5.92 Å². The lowest BCUT2D eigenvalue weighted by Gasteiger charge is -2.27. The molecule has 3 heteroatoms. The van der Waals surface area contributed by atoms with Crippen LogP contribution >= 0.6 is 7.29 Å². The molecule has 1 N–H and O–H groups in total. The van der Waals surface area contributed by atoms with Crippen LogP contribution in [0.15, 0.2) is 60.7 Å². The van der Waals surface area contributed by atoms with Gasteiger partial charge in [-0.05, 0) is 49.4 Å². The molecule has 0 aliphatic heterocycles. The third kappa shape index (κ3) is 5.83. The van der Waals surface area contributed by atoms with Gasteiger partial charge in [0.1, 0.15) is 0 Å². The third-order valence-corrected chi connectivity index (χ3v) is 7.38. The fourth-order valence-electron chi connectivity index (χ4n) is 3.09. The Morgan fingerprint density at radius 1 is 0.840 bits per heavy atom. The van der Waals surface area contributed by atoms with Gasteiger partial charge in [0.2, 0.25) is 7.29 Å². The molecular weight excluding hydrogens is 325 g/mol. The topological polar surface area (TPSA) is 29.1 Å². The van der Waals surface area contributed by atoms with Crippen LogP contribution in [0.2, 0.25) is 0 Å². The zero-order valence-electron chi connectivity index (χ0n) is 15.8. The van der Waals surface area contributed by atoms with Crippen LogP contribution in [-0.4, -0.2) is 6.04 Å². The van der Waals surface area contributed by atoms with Crippen molar-refractivity contribution in [2.45, 2.75) is 58.9 Å². The van der Waals surface area contributed by atoms with E-state index in [0.717, 1.165) is 29.9 Å². The summed E-state index contributed by atoms with van der Waals surface area (Å²) >= 11 is 0. The number of unbranched alkanes of at least 4 members (excludes halogenated alkanes) is 1. The summed E-state index contributed by atoms with van der Waals surface area (Å²) in [6.45, 7) is 6.73. The highest BCUT2D eigenvalue weighted by molar-refractivity contribution is 7.76. The molecule has 2 aromatic carbocycles. The van der Waals surface area contributed by atoms with Crippen molar-refractivity contribution in [2.75, 3.05) is 0 Å². The van der Waals surface area contributed by atoms with E-state index in [1.807, 2.05) is 60.7 Å². The van der Waals surface area contributed by atoms with Crippen LogP contribution in [0.1, 0.15) is 52.9 Å². The number of benzene rings is 2. The highest BCUT2D eigenvalue weighted by atomic mass is 31.2. The van der Waals surface area contributed by atoms with Gasteiger partial charge >= 0.3 is 0 Å². The maximum absolute atomic E-state index is 14.1. The molecule has 2 nitrogen and oxygen atoms in total. The fourth-order valence-corrected chi connectivity index (χ4v) is 5.64. The maximum atomic E-state index is 14.1. The predicted molar refractivity (Wildman–Crippen MR) is 110 cm³/mol. The Morgan fingerprint density at radius 3 is 1.80 bits per heavy atom. The van der Waals surface area contributed by atoms with E-state index in [-0.39, 0.29) is 6.04 Å². The minimum absolute atomic E-state index is 0.286. The molecule has 0 unspecified atom stereocenters. The summed E-state index contributed by atoms with van der Waals surface area (Å²) in [5, 5.41) is 5.40. The third-order valence-electron chi connectivity index (χ3n) is 4.60. The normalized spacial score (nSPS) is 13.1. The fraction of sp³-hybridized carbons (Fsp3) is 0.455. The Balaban J connectivity index is 2.32. The van der Waals surface area contributed by atoms with E-state index >= 15 is 0 Å². The lowest BCUT2D eigenvalue weighted by Crippen LogP contribution is -2.35. The zero-order chi connectivity index (χ0) is 18.1. The van der Waals surface area contributed by atoms with Crippen LogP contribution in [0.25, 0.3) is 0 Å². The highest BCUT2D eigenvalue weighted by Gasteiger charge is 2.29. The summed E-state index contributed by atoms with van der Waals surface area (Å²) in [4.78, 5) is 0. The number of hydrogen-bond donors (Lipinski definition) is 1. The summed E-state index contributed by atoms with van der Waals surface area (Å²) in [5.41, 5.74) is 0. The van der Waals surface area contributed by atoms with Crippen molar-refractivity contribution in [3.63, 3.8) is 0 Å². The number of hydrogen-bond acceptors (Lipinski definition) is 1. The molecule has 0 fully saturated rings. The van der Waals surface area contributed by atoms with Crippen molar-refractivity contribution in [1.82, 2.24) is 5.09 Å². The van der Waals surface area contributed by atoms with Crippen molar-refractivity contribution in [2.24, 2.45) is 5.92 Å². The molecule has 0 aliphatic carbocycles. The van der Waals surface area contributed by atoms with Crippen LogP contribution in [0.5, 0.6) is 0 Å². The second-order valence-corrected chi connectivity index (χ2v) is 9.73. The van der Waals surface area contributed by atoms with Gasteiger partial charge in [0.15, 0.2) is 0 Å². The molecule has 136 valence electrons. The molecule has 0 aromatic heterocycles. The van der Waals surface area contributed by atoms with Crippen molar-refractivity contribution in [1.29, 1.82) is 0 Å². The molecule has 0 heterocycles. The van der Waals surface area contributed by atoms with Crippen molar-refractivity contribution < 1.29 is 4.57 Å². The predicted octanol–water partition coefficient (Wildman–Crippen LogP) is 5.50. The van der Waals surface area contributed by atoms with Crippen LogP contribution in [0.4, 0.5) is 0 Å². The van der Waals surface area contributed by atoms with E-state index in [4.69, 9.17) is 0 Å². The van der Waals surface area contributed by atoms with Gasteiger partial charge in [-0.3, -0.25) is 9.65 Å². The van der Waals surface area contributed by atoms with Crippen LogP contribution in [0, 0.1) is 5.92 Å². The van der Waals surface area contributed by atoms with E-state index in [1.165, 1.54) is 12.8 Å². The summed E-state index contributed by atoms with van der Waals surface area (Å²) in [7, 11) is -2.83. The smallest absolute Gasteiger partial charge is 0.204 e. The molecule has 0 spiro atoms. The van der Waals surface area contributed by atoms with Crippen molar-refractivity contribution >= 4 is 17.9 Å². The Kier molecular flexibility index (Phi) is 7.93. The summed E-state index contributed by atoms with van der Waals surface area (Å²) < 4.78 is 14.1. The molecule has 0 amide bonds. The van der Waals surface area contributed by atoms with Gasteiger partial charge in [0.25, 0.3) is 0 Å². The Hall–Kier alpha value is -1.37. The summed E-state index contributed by atoms with van der Waals surface area (Å²) in [6, 6.07) is 20.1. The van der Waals surface area contributed by atoms with Crippen LogP contribution < -0.4 is 15.7 Å². The monoisotopic (exact) mass is 357 g/mol. The van der Waals surface area contributed by atoms with Gasteiger partial charge < -0.3 is 0 Å². The highest BCUT2D eigenvalue weighted by Crippen LogP contribution is 2.40. The second kappa shape index (κ2) is 9.94. The molecule has 25 heavy (non-hydrogen) atoms. The van der Waals surface area contributed by atoms with E-state index < -0.39 is 7.29 Å². The standard InChI is InChI=1S/C22H32NOP/c1-4-5-12-20(18-17-19(2)3)23-25(24,21-13-8-6-9-14-21)22-15-10-7-11-16-22/h6-11,13-16,19-20H,4-5,12,17-18H2,1-3H3,(H,23,24)/t20-/m0/s1. The van der Waals surface area contributed by atoms with E-state index in [2.05, 4.69) is 25.9 Å². The van der Waals surface area contributed by atoms with E-state index in [9.17, 15) is 4.57 Å². The molecule has 1 atom stereocenters. The lowest BCUT2D eigenvalue weighted by atomic mass is 10.0. The number of nitrogens with one attached hydrogen (secondary N) is 1. The lowest BCUT2D eigenvalue weighted by molar-refractivity contribution is 0.441. The molecule has 0 radical (unpaired) electrons. The van der Waals surface area contributed by atoms with Crippen LogP contribution in [0.3, 0.4) is 0 Å². The first-order valence-corrected chi connectivity index (χ1v) is 11.3. The van der Waals surface area contributed by atoms with Gasteiger partial charge in [0, 0.05) is 16.7 Å². The summed E-state index contributed by atoms with van der Waals surface area (Å²) in [6.07, 6.45) is 5.64. The minimum atomic E-state index is -2.83. The first-order chi connectivity index (χ1) is 12.1. The van der Waals surface area contributed by atoms with Gasteiger partial charge in [0.05, 0.1) is 0 Å². The molecular formula is C22H32NOP. The number of rotatable bonds is 10. The van der Waals surface area contributed by atoms with Crippen molar-refractivity contribution in [3.8, 4) is 0 Å². The second-order valence-electron chi connectivity index (χ2n) is 7.22. The van der Waals surface area contributed by atoms with Crippen LogP contribution in [-0.2, 0) is 4.57 Å². The summed E-state index contributed by atoms with van der Waals surface area (Å²) in [5.74, 6) is 0.666. The first kappa shape index (κ1) is 19.9. The Morgan fingerprint density at radius 2 is 1.36 bits per heavy atom. The Bertz CT molecular complexity index is 611. The van der Waals surface area contributed by atoms with Gasteiger partial charge in [-0.15, -0.1) is 0 Å². The van der Waals surface area contributed by atoms with Gasteiger partial charge in [-0.2, -0.15) is 0 Å². The van der Waals surface area contributed by atoms with E-state index in [1.54, 1.807) is 0 Å². The average molecular weight is 357 g/mol.